The van der Waals surface area contributed by atoms with E-state index in [9.17, 15) is 13.2 Å². The molecule has 0 atom stereocenters. The van der Waals surface area contributed by atoms with E-state index in [1.54, 1.807) is 35.7 Å². The van der Waals surface area contributed by atoms with Crippen LogP contribution in [-0.4, -0.2) is 52.8 Å². The number of pyridine rings is 1. The van der Waals surface area contributed by atoms with Gasteiger partial charge in [0.05, 0.1) is 0 Å². The molecule has 3 rings (SSSR count). The molecule has 28 heavy (non-hydrogen) atoms. The summed E-state index contributed by atoms with van der Waals surface area (Å²) in [6.07, 6.45) is 4.16. The third kappa shape index (κ3) is 4.13. The highest BCUT2D eigenvalue weighted by Crippen LogP contribution is 2.26. The van der Waals surface area contributed by atoms with Gasteiger partial charge in [-0.25, -0.2) is 18.4 Å². The van der Waals surface area contributed by atoms with Gasteiger partial charge in [0.2, 0.25) is 5.91 Å². The Labute approximate surface area is 173 Å². The summed E-state index contributed by atoms with van der Waals surface area (Å²) >= 11 is 3.35. The zero-order valence-corrected chi connectivity index (χ0v) is 18.6. The van der Waals surface area contributed by atoms with Crippen LogP contribution in [0.4, 0.5) is 5.82 Å². The second-order valence-corrected chi connectivity index (χ2v) is 9.63. The van der Waals surface area contributed by atoms with Gasteiger partial charge in [0.25, 0.3) is 10.0 Å². The van der Waals surface area contributed by atoms with Gasteiger partial charge in [-0.15, -0.1) is 0 Å². The first kappa shape index (κ1) is 20.9. The van der Waals surface area contributed by atoms with Gasteiger partial charge in [0, 0.05) is 49.5 Å². The van der Waals surface area contributed by atoms with E-state index in [4.69, 9.17) is 0 Å². The van der Waals surface area contributed by atoms with Crippen LogP contribution in [0, 0.1) is 12.8 Å². The maximum Gasteiger partial charge on any atom is 0.262 e. The van der Waals surface area contributed by atoms with Gasteiger partial charge in [0.15, 0.2) is 5.03 Å². The number of halogens is 1. The summed E-state index contributed by atoms with van der Waals surface area (Å²) in [4.78, 5) is 23.1. The molecule has 0 bridgehead atoms. The maximum absolute atomic E-state index is 13.0. The lowest BCUT2D eigenvalue weighted by Gasteiger charge is -2.32. The molecular formula is C18H24BrN5O3S. The standard InChI is InChI=1S/C18H24BrN5O3S/c1-4-24(16-6-5-15(19)11-20-16)18(25)14-7-9-23(10-8-14)28(26,27)17-12-22(3)13(2)21-17/h5-6,11-12,14H,4,7-10H2,1-3H3. The SMILES string of the molecule is CCN(C(=O)C1CCN(S(=O)(=O)c2cn(C)c(C)n2)CC1)c1ccc(Br)cn1. The minimum absolute atomic E-state index is 0.0111. The van der Waals surface area contributed by atoms with Crippen molar-refractivity contribution in [3.05, 3.63) is 34.8 Å². The van der Waals surface area contributed by atoms with Crippen LogP contribution >= 0.6 is 15.9 Å². The molecule has 0 saturated carbocycles. The number of hydrogen-bond acceptors (Lipinski definition) is 5. The first-order valence-corrected chi connectivity index (χ1v) is 11.4. The van der Waals surface area contributed by atoms with Crippen molar-refractivity contribution in [3.8, 4) is 0 Å². The number of rotatable bonds is 5. The van der Waals surface area contributed by atoms with Crippen molar-refractivity contribution in [3.63, 3.8) is 0 Å². The van der Waals surface area contributed by atoms with Crippen LogP contribution in [0.2, 0.25) is 0 Å². The van der Waals surface area contributed by atoms with E-state index < -0.39 is 10.0 Å². The predicted molar refractivity (Wildman–Crippen MR) is 109 cm³/mol. The van der Waals surface area contributed by atoms with Crippen LogP contribution in [0.25, 0.3) is 0 Å². The van der Waals surface area contributed by atoms with Crippen molar-refractivity contribution in [1.29, 1.82) is 0 Å². The normalized spacial score (nSPS) is 16.3. The molecule has 0 aliphatic carbocycles. The highest BCUT2D eigenvalue weighted by atomic mass is 79.9. The lowest BCUT2D eigenvalue weighted by atomic mass is 9.96. The number of imidazole rings is 1. The number of sulfonamides is 1. The van der Waals surface area contributed by atoms with Gasteiger partial charge in [-0.05, 0) is 54.8 Å². The summed E-state index contributed by atoms with van der Waals surface area (Å²) < 4.78 is 29.6. The number of carbonyl (C=O) groups is 1. The molecule has 3 heterocycles. The number of aromatic nitrogens is 3. The second kappa shape index (κ2) is 8.30. The van der Waals surface area contributed by atoms with Gasteiger partial charge < -0.3 is 4.57 Å². The summed E-state index contributed by atoms with van der Waals surface area (Å²) in [6.45, 7) is 4.79. The first-order chi connectivity index (χ1) is 13.2. The number of hydrogen-bond donors (Lipinski definition) is 0. The Balaban J connectivity index is 1.68. The molecule has 0 spiro atoms. The van der Waals surface area contributed by atoms with Gasteiger partial charge >= 0.3 is 0 Å². The third-order valence-corrected chi connectivity index (χ3v) is 7.30. The van der Waals surface area contributed by atoms with Crippen molar-refractivity contribution in [2.24, 2.45) is 13.0 Å². The monoisotopic (exact) mass is 469 g/mol. The summed E-state index contributed by atoms with van der Waals surface area (Å²) in [6, 6.07) is 3.65. The smallest absolute Gasteiger partial charge is 0.262 e. The van der Waals surface area contributed by atoms with Crippen LogP contribution in [0.5, 0.6) is 0 Å². The highest BCUT2D eigenvalue weighted by Gasteiger charge is 2.35. The molecule has 1 fully saturated rings. The van der Waals surface area contributed by atoms with Crippen LogP contribution in [0.15, 0.2) is 34.0 Å². The van der Waals surface area contributed by atoms with E-state index >= 15 is 0 Å². The fourth-order valence-electron chi connectivity index (χ4n) is 3.30. The minimum Gasteiger partial charge on any atom is -0.337 e. The molecule has 2 aromatic rings. The van der Waals surface area contributed by atoms with Crippen molar-refractivity contribution in [1.82, 2.24) is 18.8 Å². The number of piperidine rings is 1. The molecule has 1 aliphatic heterocycles. The number of anilines is 1. The van der Waals surface area contributed by atoms with Gasteiger partial charge in [0.1, 0.15) is 11.6 Å². The zero-order valence-electron chi connectivity index (χ0n) is 16.2. The molecule has 8 nitrogen and oxygen atoms in total. The average Bonchev–Trinajstić information content (AvgIpc) is 3.03. The zero-order chi connectivity index (χ0) is 20.5. The molecule has 1 saturated heterocycles. The Morgan fingerprint density at radius 1 is 1.32 bits per heavy atom. The molecule has 2 aromatic heterocycles. The van der Waals surface area contributed by atoms with Crippen LogP contribution in [-0.2, 0) is 21.9 Å². The molecular weight excluding hydrogens is 446 g/mol. The van der Waals surface area contributed by atoms with E-state index in [0.717, 1.165) is 4.47 Å². The maximum atomic E-state index is 13.0. The first-order valence-electron chi connectivity index (χ1n) is 9.17. The van der Waals surface area contributed by atoms with Crippen molar-refractivity contribution < 1.29 is 13.2 Å². The topological polar surface area (TPSA) is 88.4 Å². The third-order valence-electron chi connectivity index (χ3n) is 5.06. The minimum atomic E-state index is -3.64. The second-order valence-electron chi connectivity index (χ2n) is 6.83. The molecule has 1 amide bonds. The van der Waals surface area contributed by atoms with E-state index in [1.807, 2.05) is 13.0 Å². The Hall–Kier alpha value is -1.78. The quantitative estimate of drug-likeness (QED) is 0.670. The lowest BCUT2D eigenvalue weighted by molar-refractivity contribution is -0.123. The van der Waals surface area contributed by atoms with Gasteiger partial charge in [-0.2, -0.15) is 4.31 Å². The number of carbonyl (C=O) groups excluding carboxylic acids is 1. The summed E-state index contributed by atoms with van der Waals surface area (Å²) in [5.74, 6) is 1.02. The lowest BCUT2D eigenvalue weighted by Crippen LogP contribution is -2.44. The summed E-state index contributed by atoms with van der Waals surface area (Å²) in [5, 5.41) is 0.0616. The van der Waals surface area contributed by atoms with Crippen LogP contribution in [0.3, 0.4) is 0 Å². The number of nitrogens with zero attached hydrogens (tertiary/aromatic N) is 5. The number of aryl methyl sites for hydroxylation is 2. The Bertz CT molecular complexity index is 931. The highest BCUT2D eigenvalue weighted by molar-refractivity contribution is 9.10. The number of amides is 1. The van der Waals surface area contributed by atoms with Crippen LogP contribution < -0.4 is 4.90 Å². The van der Waals surface area contributed by atoms with E-state index in [-0.39, 0.29) is 16.9 Å². The molecule has 10 heteroatoms. The largest absolute Gasteiger partial charge is 0.337 e. The van der Waals surface area contributed by atoms with Gasteiger partial charge in [-0.3, -0.25) is 9.69 Å². The Kier molecular flexibility index (Phi) is 6.21. The van der Waals surface area contributed by atoms with E-state index in [2.05, 4.69) is 25.9 Å². The molecule has 1 aliphatic rings. The van der Waals surface area contributed by atoms with E-state index in [0.29, 0.717) is 44.1 Å². The fourth-order valence-corrected chi connectivity index (χ4v) is 5.03. The van der Waals surface area contributed by atoms with Crippen LogP contribution in [0.1, 0.15) is 25.6 Å². The van der Waals surface area contributed by atoms with E-state index in [1.165, 1.54) is 10.5 Å². The summed E-state index contributed by atoms with van der Waals surface area (Å²) in [7, 11) is -1.87. The predicted octanol–water partition coefficient (Wildman–Crippen LogP) is 2.34. The molecule has 0 aromatic carbocycles. The Morgan fingerprint density at radius 2 is 2.00 bits per heavy atom. The van der Waals surface area contributed by atoms with Gasteiger partial charge in [-0.1, -0.05) is 0 Å². The van der Waals surface area contributed by atoms with Crippen molar-refractivity contribution >= 4 is 37.7 Å². The fraction of sp³-hybridized carbons (Fsp3) is 0.500. The molecule has 0 radical (unpaired) electrons. The average molecular weight is 470 g/mol. The Morgan fingerprint density at radius 3 is 2.50 bits per heavy atom. The molecule has 0 unspecified atom stereocenters. The van der Waals surface area contributed by atoms with Crippen molar-refractivity contribution in [2.75, 3.05) is 24.5 Å². The molecule has 152 valence electrons. The summed E-state index contributed by atoms with van der Waals surface area (Å²) in [5.41, 5.74) is 0. The van der Waals surface area contributed by atoms with Crippen molar-refractivity contribution in [2.45, 2.75) is 31.7 Å². The molecule has 0 N–H and O–H groups in total.